The van der Waals surface area contributed by atoms with Gasteiger partial charge in [0.05, 0.1) is 55.8 Å². The van der Waals surface area contributed by atoms with Crippen molar-refractivity contribution in [2.75, 3.05) is 16.5 Å². The number of nitrogens with zero attached hydrogens (tertiary/aromatic N) is 7. The van der Waals surface area contributed by atoms with Gasteiger partial charge < -0.3 is 23.7 Å². The number of rotatable bonds is 7. The van der Waals surface area contributed by atoms with Gasteiger partial charge >= 0.3 is 0 Å². The Bertz CT molecular complexity index is 4390. The molecule has 79 heavy (non-hydrogen) atoms. The smallest absolute Gasteiger partial charge is 0.158 e. The summed E-state index contributed by atoms with van der Waals surface area (Å²) in [6.07, 6.45) is 3.86. The highest BCUT2D eigenvalue weighted by Crippen LogP contribution is 2.52. The normalized spacial score (nSPS) is 13.1. The van der Waals surface area contributed by atoms with E-state index in [2.05, 4.69) is 269 Å². The molecule has 8 aromatic carbocycles. The number of aryl methyl sites for hydroxylation is 4. The van der Waals surface area contributed by atoms with Gasteiger partial charge in [0.25, 0.3) is 0 Å². The average Bonchev–Trinajstić information content (AvgIpc) is 4.10. The number of para-hydroxylation sites is 5. The molecule has 0 bridgehead atoms. The van der Waals surface area contributed by atoms with Crippen molar-refractivity contribution < 1.29 is 4.74 Å². The number of aromatic nitrogens is 5. The first-order chi connectivity index (χ1) is 38.1. The molecule has 0 unspecified atom stereocenters. The van der Waals surface area contributed by atoms with Gasteiger partial charge in [-0.15, -0.1) is 0 Å². The minimum Gasteiger partial charge on any atom is -0.457 e. The largest absolute Gasteiger partial charge is 0.457 e. The molecule has 0 radical (unpaired) electrons. The van der Waals surface area contributed by atoms with Gasteiger partial charge in [-0.25, -0.2) is 9.97 Å². The number of fused-ring (bicyclic) bond motifs is 10. The number of pyridine rings is 2. The van der Waals surface area contributed by atoms with Crippen molar-refractivity contribution in [2.24, 2.45) is 0 Å². The van der Waals surface area contributed by atoms with Gasteiger partial charge in [-0.2, -0.15) is 0 Å². The highest BCUT2D eigenvalue weighted by molar-refractivity contribution is 6.14. The SMILES string of the molecule is Cc1cccc2c3cccc(C)c3n(-c3cc(C(C)(C)C)cc(-n4c5c(C)cccc5c5cccc(C)c54)c3N3CN(c4cccc(Oc5ccc6c7ccccc7n(-c7cc(C(C)(C)C)ccn7)c6c5)c4)c4cccnc43)c12. The second-order valence-corrected chi connectivity index (χ2v) is 23.8. The molecule has 0 saturated carbocycles. The third-order valence-electron chi connectivity index (χ3n) is 16.6. The Morgan fingerprint density at radius 2 is 0.924 bits per heavy atom. The van der Waals surface area contributed by atoms with Crippen molar-refractivity contribution in [3.8, 4) is 28.7 Å². The van der Waals surface area contributed by atoms with Crippen LogP contribution in [0.25, 0.3) is 82.6 Å². The van der Waals surface area contributed by atoms with Crippen LogP contribution in [0.3, 0.4) is 0 Å². The topological polar surface area (TPSA) is 56.3 Å². The lowest BCUT2D eigenvalue weighted by Gasteiger charge is -2.31. The maximum absolute atomic E-state index is 6.94. The number of benzene rings is 8. The molecule has 0 spiro atoms. The molecule has 6 heterocycles. The summed E-state index contributed by atoms with van der Waals surface area (Å²) in [6, 6.07) is 64.0. The zero-order chi connectivity index (χ0) is 54.2. The molecule has 14 rings (SSSR count). The first-order valence-electron chi connectivity index (χ1n) is 27.6. The van der Waals surface area contributed by atoms with Crippen LogP contribution < -0.4 is 14.5 Å². The van der Waals surface area contributed by atoms with Gasteiger partial charge in [0.15, 0.2) is 5.82 Å². The van der Waals surface area contributed by atoms with Crippen molar-refractivity contribution in [1.29, 1.82) is 0 Å². The Balaban J connectivity index is 0.971. The van der Waals surface area contributed by atoms with Gasteiger partial charge in [0.2, 0.25) is 0 Å². The second-order valence-electron chi connectivity index (χ2n) is 23.8. The van der Waals surface area contributed by atoms with Crippen molar-refractivity contribution in [3.63, 3.8) is 0 Å². The Labute approximate surface area is 461 Å². The third kappa shape index (κ3) is 7.55. The highest BCUT2D eigenvalue weighted by atomic mass is 16.5. The van der Waals surface area contributed by atoms with Crippen molar-refractivity contribution in [1.82, 2.24) is 23.7 Å². The van der Waals surface area contributed by atoms with Crippen LogP contribution in [-0.2, 0) is 10.8 Å². The van der Waals surface area contributed by atoms with Crippen LogP contribution in [0.1, 0.15) is 74.9 Å². The van der Waals surface area contributed by atoms with Crippen molar-refractivity contribution in [2.45, 2.75) is 80.1 Å². The molecule has 1 aliphatic rings. The molecule has 1 aliphatic heterocycles. The second kappa shape index (κ2) is 17.7. The summed E-state index contributed by atoms with van der Waals surface area (Å²) in [5.41, 5.74) is 19.3. The lowest BCUT2D eigenvalue weighted by atomic mass is 9.85. The number of anilines is 4. The molecule has 8 nitrogen and oxygen atoms in total. The first kappa shape index (κ1) is 48.2. The zero-order valence-corrected chi connectivity index (χ0v) is 46.6. The summed E-state index contributed by atoms with van der Waals surface area (Å²) >= 11 is 0. The van der Waals surface area contributed by atoms with Crippen molar-refractivity contribution >= 4 is 88.3 Å². The molecule has 0 saturated heterocycles. The van der Waals surface area contributed by atoms with Gasteiger partial charge in [-0.1, -0.05) is 139 Å². The van der Waals surface area contributed by atoms with Gasteiger partial charge in [-0.05, 0) is 139 Å². The van der Waals surface area contributed by atoms with E-state index in [9.17, 15) is 0 Å². The van der Waals surface area contributed by atoms with Gasteiger partial charge in [0.1, 0.15) is 24.0 Å². The molecule has 0 N–H and O–H groups in total. The van der Waals surface area contributed by atoms with Gasteiger partial charge in [0, 0.05) is 62.5 Å². The van der Waals surface area contributed by atoms with Crippen LogP contribution >= 0.6 is 0 Å². The van der Waals surface area contributed by atoms with E-state index in [0.29, 0.717) is 6.67 Å². The van der Waals surface area contributed by atoms with Crippen LogP contribution in [0.15, 0.2) is 188 Å². The van der Waals surface area contributed by atoms with E-state index in [0.717, 1.165) is 68.0 Å². The molecule has 8 heteroatoms. The quantitative estimate of drug-likeness (QED) is 0.159. The Kier molecular flexibility index (Phi) is 10.8. The van der Waals surface area contributed by atoms with Crippen LogP contribution in [0, 0.1) is 27.7 Å². The minimum atomic E-state index is -0.212. The zero-order valence-electron chi connectivity index (χ0n) is 46.6. The fourth-order valence-electron chi connectivity index (χ4n) is 12.7. The summed E-state index contributed by atoms with van der Waals surface area (Å²) in [7, 11) is 0. The molecule has 0 atom stereocenters. The van der Waals surface area contributed by atoms with E-state index >= 15 is 0 Å². The minimum absolute atomic E-state index is 0.0324. The van der Waals surface area contributed by atoms with E-state index in [1.807, 2.05) is 12.4 Å². The summed E-state index contributed by atoms with van der Waals surface area (Å²) in [5, 5.41) is 7.27. The van der Waals surface area contributed by atoms with Crippen molar-refractivity contribution in [3.05, 3.63) is 222 Å². The van der Waals surface area contributed by atoms with Crippen LogP contribution in [0.2, 0.25) is 0 Å². The summed E-state index contributed by atoms with van der Waals surface area (Å²) in [5.74, 6) is 3.24. The summed E-state index contributed by atoms with van der Waals surface area (Å²) in [6.45, 7) is 23.3. The first-order valence-corrected chi connectivity index (χ1v) is 27.6. The average molecular weight is 1030 g/mol. The fourth-order valence-corrected chi connectivity index (χ4v) is 12.7. The molecule has 0 aliphatic carbocycles. The maximum atomic E-state index is 6.94. The molecule has 0 amide bonds. The Morgan fingerprint density at radius 3 is 1.51 bits per heavy atom. The van der Waals surface area contributed by atoms with Crippen LogP contribution in [0.4, 0.5) is 22.9 Å². The molecule has 5 aromatic heterocycles. The fraction of sp³-hybridized carbons (Fsp3) is 0.183. The third-order valence-corrected chi connectivity index (χ3v) is 16.6. The Hall–Kier alpha value is -9.14. The molecular formula is C71H63N7O. The van der Waals surface area contributed by atoms with E-state index in [-0.39, 0.29) is 10.8 Å². The van der Waals surface area contributed by atoms with Crippen LogP contribution in [0.5, 0.6) is 11.5 Å². The predicted octanol–water partition coefficient (Wildman–Crippen LogP) is 18.6. The molecule has 13 aromatic rings. The lowest BCUT2D eigenvalue weighted by molar-refractivity contribution is 0.483. The van der Waals surface area contributed by atoms with E-state index in [1.165, 1.54) is 82.4 Å². The Morgan fingerprint density at radius 1 is 0.392 bits per heavy atom. The predicted molar refractivity (Wildman–Crippen MR) is 330 cm³/mol. The molecule has 388 valence electrons. The maximum Gasteiger partial charge on any atom is 0.158 e. The van der Waals surface area contributed by atoms with Gasteiger partial charge in [-0.3, -0.25) is 4.57 Å². The summed E-state index contributed by atoms with van der Waals surface area (Å²) < 4.78 is 14.4. The van der Waals surface area contributed by atoms with E-state index in [4.69, 9.17) is 14.7 Å². The monoisotopic (exact) mass is 1030 g/mol. The number of ether oxygens (including phenoxy) is 1. The number of hydrogen-bond donors (Lipinski definition) is 0. The standard InChI is InChI=1S/C71H63N7O/c1-43-19-13-26-54-55-27-14-20-44(2)65(55)77(64(43)54)61-37-48(71(8,9)10)38-62(78-66-45(3)21-15-28-56(66)57-29-16-22-46(4)67(57)78)68(61)75-42-74(59-31-18-35-73-69(59)75)49-23-17-24-50(40-49)79-51-32-33-53-52-25-11-12-30-58(52)76(60(53)41-51)63-39-47(34-36-72-63)70(5,6)7/h11-41H,42H2,1-10H3. The van der Waals surface area contributed by atoms with E-state index in [1.54, 1.807) is 0 Å². The van der Waals surface area contributed by atoms with Crippen LogP contribution in [-0.4, -0.2) is 30.3 Å². The summed E-state index contributed by atoms with van der Waals surface area (Å²) in [4.78, 5) is 15.1. The molecule has 0 fully saturated rings. The lowest BCUT2D eigenvalue weighted by Crippen LogP contribution is -2.27. The highest BCUT2D eigenvalue weighted by Gasteiger charge is 2.36. The molecular weight excluding hydrogens is 967 g/mol. The van der Waals surface area contributed by atoms with E-state index < -0.39 is 0 Å². The number of hydrogen-bond acceptors (Lipinski definition) is 5.